The summed E-state index contributed by atoms with van der Waals surface area (Å²) in [6.07, 6.45) is 0. The molecule has 1 aromatic rings. The molecule has 0 radical (unpaired) electrons. The molecule has 1 aliphatic heterocycles. The number of carbonyl (C=O) groups is 1. The number of halogens is 1. The molecule has 2 rings (SSSR count). The molecule has 18 heavy (non-hydrogen) atoms. The zero-order chi connectivity index (χ0) is 13.7. The summed E-state index contributed by atoms with van der Waals surface area (Å²) < 4.78 is 1.13. The Balaban J connectivity index is 2.71. The zero-order valence-electron chi connectivity index (χ0n) is 10.9. The second-order valence-corrected chi connectivity index (χ2v) is 6.46. The number of aryl methyl sites for hydroxylation is 2. The number of aliphatic hydroxyl groups excluding tert-OH is 1. The fourth-order valence-electron chi connectivity index (χ4n) is 2.36. The van der Waals surface area contributed by atoms with Gasteiger partial charge in [0.2, 0.25) is 0 Å². The van der Waals surface area contributed by atoms with Crippen LogP contribution in [-0.2, 0) is 4.79 Å². The molecular formula is C14H16INO2. The predicted molar refractivity (Wildman–Crippen MR) is 80.4 cm³/mol. The molecule has 0 atom stereocenters. The van der Waals surface area contributed by atoms with E-state index >= 15 is 0 Å². The number of rotatable bonds is 1. The van der Waals surface area contributed by atoms with Crippen molar-refractivity contribution >= 4 is 34.1 Å². The van der Waals surface area contributed by atoms with Crippen molar-refractivity contribution < 1.29 is 9.90 Å². The van der Waals surface area contributed by atoms with Crippen LogP contribution in [0, 0.1) is 17.4 Å². The summed E-state index contributed by atoms with van der Waals surface area (Å²) in [5.41, 5.74) is 2.58. The Morgan fingerprint density at radius 2 is 1.72 bits per heavy atom. The molecule has 4 heteroatoms. The van der Waals surface area contributed by atoms with Crippen molar-refractivity contribution in [2.75, 3.05) is 0 Å². The number of carbonyl (C=O) groups excluding carboxylic acids is 1. The van der Waals surface area contributed by atoms with Crippen LogP contribution in [0.1, 0.15) is 30.5 Å². The lowest BCUT2D eigenvalue weighted by atomic mass is 9.93. The molecule has 0 saturated carbocycles. The molecule has 0 bridgehead atoms. The van der Waals surface area contributed by atoms with E-state index in [4.69, 9.17) is 0 Å². The Labute approximate surface area is 120 Å². The second-order valence-electron chi connectivity index (χ2n) is 5.22. The van der Waals surface area contributed by atoms with E-state index in [1.165, 1.54) is 0 Å². The van der Waals surface area contributed by atoms with Crippen molar-refractivity contribution in [1.82, 2.24) is 5.32 Å². The van der Waals surface area contributed by atoms with E-state index < -0.39 is 5.54 Å². The first-order chi connectivity index (χ1) is 8.24. The van der Waals surface area contributed by atoms with E-state index in [9.17, 15) is 9.90 Å². The van der Waals surface area contributed by atoms with Gasteiger partial charge in [0.1, 0.15) is 5.76 Å². The van der Waals surface area contributed by atoms with Gasteiger partial charge in [0.25, 0.3) is 5.91 Å². The van der Waals surface area contributed by atoms with Gasteiger partial charge in [0, 0.05) is 3.57 Å². The normalized spacial score (nSPS) is 18.2. The highest BCUT2D eigenvalue weighted by Gasteiger charge is 2.39. The van der Waals surface area contributed by atoms with Crippen LogP contribution in [0.25, 0.3) is 5.57 Å². The van der Waals surface area contributed by atoms with Crippen molar-refractivity contribution in [1.29, 1.82) is 0 Å². The Morgan fingerprint density at radius 1 is 1.22 bits per heavy atom. The summed E-state index contributed by atoms with van der Waals surface area (Å²) in [6.45, 7) is 7.52. The van der Waals surface area contributed by atoms with Gasteiger partial charge in [-0.05, 0) is 79.1 Å². The van der Waals surface area contributed by atoms with Crippen molar-refractivity contribution in [2.24, 2.45) is 0 Å². The third kappa shape index (κ3) is 2.02. The second kappa shape index (κ2) is 4.26. The van der Waals surface area contributed by atoms with Gasteiger partial charge in [-0.1, -0.05) is 0 Å². The minimum Gasteiger partial charge on any atom is -0.509 e. The van der Waals surface area contributed by atoms with Crippen LogP contribution in [0.5, 0.6) is 0 Å². The van der Waals surface area contributed by atoms with Crippen LogP contribution in [0.15, 0.2) is 17.9 Å². The van der Waals surface area contributed by atoms with Gasteiger partial charge in [-0.25, -0.2) is 0 Å². The average molecular weight is 357 g/mol. The lowest BCUT2D eigenvalue weighted by molar-refractivity contribution is -0.115. The van der Waals surface area contributed by atoms with Crippen molar-refractivity contribution in [3.05, 3.63) is 38.2 Å². The number of aliphatic hydroxyl groups is 1. The summed E-state index contributed by atoms with van der Waals surface area (Å²) >= 11 is 2.25. The monoisotopic (exact) mass is 357 g/mol. The van der Waals surface area contributed by atoms with Crippen LogP contribution in [0.3, 0.4) is 0 Å². The van der Waals surface area contributed by atoms with Gasteiger partial charge in [0.05, 0.1) is 11.1 Å². The molecule has 1 amide bonds. The van der Waals surface area contributed by atoms with Crippen molar-refractivity contribution in [3.8, 4) is 0 Å². The summed E-state index contributed by atoms with van der Waals surface area (Å²) in [7, 11) is 0. The maximum Gasteiger partial charge on any atom is 0.256 e. The van der Waals surface area contributed by atoms with Gasteiger partial charge >= 0.3 is 0 Å². The SMILES string of the molecule is Cc1cc(I)cc(C)c1C1=C(O)C(C)(C)NC1=O. The van der Waals surface area contributed by atoms with E-state index in [-0.39, 0.29) is 11.7 Å². The maximum absolute atomic E-state index is 12.1. The molecule has 0 fully saturated rings. The third-order valence-electron chi connectivity index (χ3n) is 3.23. The lowest BCUT2D eigenvalue weighted by Gasteiger charge is -2.17. The minimum atomic E-state index is -0.686. The van der Waals surface area contributed by atoms with E-state index in [1.54, 1.807) is 13.8 Å². The topological polar surface area (TPSA) is 49.3 Å². The smallest absolute Gasteiger partial charge is 0.256 e. The third-order valence-corrected chi connectivity index (χ3v) is 3.85. The van der Waals surface area contributed by atoms with Crippen LogP contribution in [0.2, 0.25) is 0 Å². The van der Waals surface area contributed by atoms with Gasteiger partial charge in [-0.15, -0.1) is 0 Å². The summed E-state index contributed by atoms with van der Waals surface area (Å²) in [5, 5.41) is 13.0. The predicted octanol–water partition coefficient (Wildman–Crippen LogP) is 3.09. The minimum absolute atomic E-state index is 0.125. The van der Waals surface area contributed by atoms with Gasteiger partial charge in [-0.3, -0.25) is 4.79 Å². The first-order valence-corrected chi connectivity index (χ1v) is 6.85. The highest BCUT2D eigenvalue weighted by atomic mass is 127. The molecule has 0 unspecified atom stereocenters. The fourth-order valence-corrected chi connectivity index (χ4v) is 3.30. The maximum atomic E-state index is 12.1. The number of hydrogen-bond acceptors (Lipinski definition) is 2. The molecule has 0 saturated heterocycles. The molecule has 1 heterocycles. The fraction of sp³-hybridized carbons (Fsp3) is 0.357. The van der Waals surface area contributed by atoms with E-state index in [2.05, 4.69) is 27.9 Å². The Kier molecular flexibility index (Phi) is 3.17. The number of benzene rings is 1. The summed E-state index contributed by atoms with van der Waals surface area (Å²) in [6, 6.07) is 4.03. The standard InChI is InChI=1S/C14H16INO2/c1-7-5-9(15)6-8(2)10(7)11-12(17)14(3,4)16-13(11)18/h5-6,17H,1-4H3,(H,16,18). The first kappa shape index (κ1) is 13.4. The zero-order valence-corrected chi connectivity index (χ0v) is 13.0. The molecular weight excluding hydrogens is 341 g/mol. The molecule has 0 spiro atoms. The van der Waals surface area contributed by atoms with Crippen LogP contribution in [0.4, 0.5) is 0 Å². The molecule has 0 aliphatic carbocycles. The van der Waals surface area contributed by atoms with Crippen LogP contribution < -0.4 is 5.32 Å². The highest BCUT2D eigenvalue weighted by Crippen LogP contribution is 2.35. The molecule has 3 nitrogen and oxygen atoms in total. The number of amides is 1. The van der Waals surface area contributed by atoms with E-state index in [1.807, 2.05) is 26.0 Å². The molecule has 1 aliphatic rings. The van der Waals surface area contributed by atoms with Gasteiger partial charge in [0.15, 0.2) is 0 Å². The van der Waals surface area contributed by atoms with Crippen molar-refractivity contribution in [2.45, 2.75) is 33.2 Å². The number of nitrogens with one attached hydrogen (secondary N) is 1. The van der Waals surface area contributed by atoms with Crippen LogP contribution >= 0.6 is 22.6 Å². The molecule has 2 N–H and O–H groups in total. The van der Waals surface area contributed by atoms with Gasteiger partial charge in [-0.2, -0.15) is 0 Å². The highest BCUT2D eigenvalue weighted by molar-refractivity contribution is 14.1. The summed E-state index contributed by atoms with van der Waals surface area (Å²) in [4.78, 5) is 12.1. The summed E-state index contributed by atoms with van der Waals surface area (Å²) in [5.74, 6) is -0.0789. The van der Waals surface area contributed by atoms with Gasteiger partial charge < -0.3 is 10.4 Å². The lowest BCUT2D eigenvalue weighted by Crippen LogP contribution is -2.38. The average Bonchev–Trinajstić information content (AvgIpc) is 2.38. The quantitative estimate of drug-likeness (QED) is 0.759. The Bertz CT molecular complexity index is 550. The molecule has 96 valence electrons. The first-order valence-electron chi connectivity index (χ1n) is 5.77. The largest absolute Gasteiger partial charge is 0.509 e. The Morgan fingerprint density at radius 3 is 2.11 bits per heavy atom. The Hall–Kier alpha value is -1.04. The van der Waals surface area contributed by atoms with Crippen molar-refractivity contribution in [3.63, 3.8) is 0 Å². The number of hydrogen-bond donors (Lipinski definition) is 2. The molecule has 0 aromatic heterocycles. The van der Waals surface area contributed by atoms with E-state index in [0.29, 0.717) is 5.57 Å². The van der Waals surface area contributed by atoms with Crippen LogP contribution in [-0.4, -0.2) is 16.6 Å². The van der Waals surface area contributed by atoms with E-state index in [0.717, 1.165) is 20.3 Å². The molecule has 1 aromatic carbocycles.